The molecule has 4 N–H and O–H groups in total. The van der Waals surface area contributed by atoms with E-state index in [0.717, 1.165) is 4.90 Å². The first-order valence-corrected chi connectivity index (χ1v) is 7.35. The molecule has 3 unspecified atom stereocenters. The van der Waals surface area contributed by atoms with Crippen LogP contribution < -0.4 is 10.6 Å². The van der Waals surface area contributed by atoms with E-state index < -0.39 is 30.3 Å². The summed E-state index contributed by atoms with van der Waals surface area (Å²) in [6, 6.07) is 4.22. The fraction of sp³-hybridized carbons (Fsp3) is 0.375. The number of hydrogen-bond acceptors (Lipinski definition) is 6. The van der Waals surface area contributed by atoms with Gasteiger partial charge in [-0.1, -0.05) is 12.0 Å². The van der Waals surface area contributed by atoms with Gasteiger partial charge in [-0.3, -0.25) is 19.8 Å². The lowest BCUT2D eigenvalue weighted by Gasteiger charge is -2.36. The van der Waals surface area contributed by atoms with Crippen LogP contribution in [0.4, 0.5) is 5.69 Å². The summed E-state index contributed by atoms with van der Waals surface area (Å²) in [5, 5.41) is 25.0. The first-order chi connectivity index (χ1) is 11.0. The molecule has 1 aromatic carbocycles. The molecule has 2 heterocycles. The number of amides is 2. The zero-order valence-corrected chi connectivity index (χ0v) is 12.3. The zero-order chi connectivity index (χ0) is 16.6. The Bertz CT molecular complexity index is 697. The van der Waals surface area contributed by atoms with E-state index in [9.17, 15) is 19.8 Å². The molecule has 23 heavy (non-hydrogen) atoms. The van der Waals surface area contributed by atoms with Gasteiger partial charge in [0.2, 0.25) is 0 Å². The van der Waals surface area contributed by atoms with Gasteiger partial charge in [0.15, 0.2) is 0 Å². The van der Waals surface area contributed by atoms with Crippen molar-refractivity contribution in [3.63, 3.8) is 0 Å². The molecule has 1 aromatic rings. The van der Waals surface area contributed by atoms with Crippen LogP contribution in [0.5, 0.6) is 0 Å². The predicted octanol–water partition coefficient (Wildman–Crippen LogP) is -0.284. The highest BCUT2D eigenvalue weighted by Gasteiger charge is 2.45. The Morgan fingerprint density at radius 2 is 2.09 bits per heavy atom. The van der Waals surface area contributed by atoms with E-state index in [1.165, 1.54) is 0 Å². The molecule has 0 bridgehead atoms. The van der Waals surface area contributed by atoms with Gasteiger partial charge in [0.1, 0.15) is 12.5 Å². The van der Waals surface area contributed by atoms with Crippen molar-refractivity contribution in [1.29, 1.82) is 0 Å². The Balaban J connectivity index is 1.93. The summed E-state index contributed by atoms with van der Waals surface area (Å²) in [6.45, 7) is 0.234. The molecule has 0 aliphatic carbocycles. The lowest BCUT2D eigenvalue weighted by Crippen LogP contribution is -2.58. The number of carbonyl (C=O) groups excluding carboxylic acids is 2. The molecule has 2 aliphatic heterocycles. The molecule has 1 saturated heterocycles. The second-order valence-electron chi connectivity index (χ2n) is 5.54. The molecule has 0 spiro atoms. The second kappa shape index (κ2) is 6.01. The number of nitrogens with one attached hydrogen (secondary N) is 2. The van der Waals surface area contributed by atoms with Crippen LogP contribution >= 0.6 is 0 Å². The minimum Gasteiger partial charge on any atom is -0.379 e. The molecule has 2 aliphatic rings. The van der Waals surface area contributed by atoms with E-state index in [-0.39, 0.29) is 17.7 Å². The molecule has 120 valence electrons. The van der Waals surface area contributed by atoms with Gasteiger partial charge in [-0.15, -0.1) is 6.42 Å². The van der Waals surface area contributed by atoms with Gasteiger partial charge in [0, 0.05) is 5.69 Å². The van der Waals surface area contributed by atoms with Crippen molar-refractivity contribution >= 4 is 17.5 Å². The number of anilines is 1. The summed E-state index contributed by atoms with van der Waals surface area (Å²) in [7, 11) is 0. The molecule has 3 rings (SSSR count). The van der Waals surface area contributed by atoms with Gasteiger partial charge >= 0.3 is 0 Å². The SMILES string of the molecule is C#CCNc1cccc2c1C(=O)N(C1CCC(O)NC1O)C2=O. The highest BCUT2D eigenvalue weighted by molar-refractivity contribution is 6.24. The number of carbonyl (C=O) groups is 2. The van der Waals surface area contributed by atoms with Crippen molar-refractivity contribution < 1.29 is 19.8 Å². The number of nitrogens with zero attached hydrogens (tertiary/aromatic N) is 1. The van der Waals surface area contributed by atoms with Crippen LogP contribution in [0.2, 0.25) is 0 Å². The van der Waals surface area contributed by atoms with Crippen LogP contribution in [0.15, 0.2) is 18.2 Å². The van der Waals surface area contributed by atoms with Crippen molar-refractivity contribution in [2.75, 3.05) is 11.9 Å². The maximum Gasteiger partial charge on any atom is 0.264 e. The van der Waals surface area contributed by atoms with E-state index in [1.807, 2.05) is 0 Å². The smallest absolute Gasteiger partial charge is 0.264 e. The summed E-state index contributed by atoms with van der Waals surface area (Å²) >= 11 is 0. The Hall–Kier alpha value is -2.40. The number of aliphatic hydroxyl groups is 2. The first-order valence-electron chi connectivity index (χ1n) is 7.35. The summed E-state index contributed by atoms with van der Waals surface area (Å²) in [4.78, 5) is 26.4. The van der Waals surface area contributed by atoms with E-state index in [0.29, 0.717) is 18.5 Å². The van der Waals surface area contributed by atoms with Gasteiger partial charge in [0.05, 0.1) is 23.7 Å². The minimum absolute atomic E-state index is 0.234. The minimum atomic E-state index is -1.16. The van der Waals surface area contributed by atoms with Crippen molar-refractivity contribution in [3.05, 3.63) is 29.3 Å². The summed E-state index contributed by atoms with van der Waals surface area (Å²) < 4.78 is 0. The van der Waals surface area contributed by atoms with Crippen molar-refractivity contribution in [2.45, 2.75) is 31.3 Å². The molecule has 2 amide bonds. The molecule has 1 fully saturated rings. The normalized spacial score (nSPS) is 26.8. The molecule has 0 saturated carbocycles. The van der Waals surface area contributed by atoms with Gasteiger partial charge in [-0.2, -0.15) is 0 Å². The average Bonchev–Trinajstić information content (AvgIpc) is 2.78. The van der Waals surface area contributed by atoms with Crippen LogP contribution in [0.3, 0.4) is 0 Å². The van der Waals surface area contributed by atoms with E-state index in [4.69, 9.17) is 6.42 Å². The first kappa shape index (κ1) is 15.5. The average molecular weight is 315 g/mol. The highest BCUT2D eigenvalue weighted by Crippen LogP contribution is 2.33. The Morgan fingerprint density at radius 3 is 2.78 bits per heavy atom. The molecular formula is C16H17N3O4. The van der Waals surface area contributed by atoms with Gasteiger partial charge in [-0.25, -0.2) is 0 Å². The fourth-order valence-corrected chi connectivity index (χ4v) is 3.05. The number of hydrogen-bond donors (Lipinski definition) is 4. The molecule has 7 heteroatoms. The second-order valence-corrected chi connectivity index (χ2v) is 5.54. The molecular weight excluding hydrogens is 298 g/mol. The Labute approximate surface area is 133 Å². The van der Waals surface area contributed by atoms with Crippen molar-refractivity contribution in [1.82, 2.24) is 10.2 Å². The van der Waals surface area contributed by atoms with Crippen molar-refractivity contribution in [3.8, 4) is 12.3 Å². The Morgan fingerprint density at radius 1 is 1.30 bits per heavy atom. The lowest BCUT2D eigenvalue weighted by molar-refractivity contribution is -0.0413. The lowest BCUT2D eigenvalue weighted by atomic mass is 10.0. The zero-order valence-electron chi connectivity index (χ0n) is 12.3. The maximum atomic E-state index is 12.7. The topological polar surface area (TPSA) is 102 Å². The number of fused-ring (bicyclic) bond motifs is 1. The van der Waals surface area contributed by atoms with E-state index in [2.05, 4.69) is 16.6 Å². The van der Waals surface area contributed by atoms with Crippen LogP contribution in [0.25, 0.3) is 0 Å². The summed E-state index contributed by atoms with van der Waals surface area (Å²) in [5.74, 6) is 1.51. The highest BCUT2D eigenvalue weighted by atomic mass is 16.3. The fourth-order valence-electron chi connectivity index (χ4n) is 3.05. The Kier molecular flexibility index (Phi) is 4.05. The number of piperidine rings is 1. The molecule has 7 nitrogen and oxygen atoms in total. The number of benzene rings is 1. The number of terminal acetylenes is 1. The van der Waals surface area contributed by atoms with E-state index in [1.54, 1.807) is 18.2 Å². The molecule has 0 radical (unpaired) electrons. The predicted molar refractivity (Wildman–Crippen MR) is 82.4 cm³/mol. The third-order valence-electron chi connectivity index (χ3n) is 4.12. The number of imide groups is 1. The summed E-state index contributed by atoms with van der Waals surface area (Å²) in [5.41, 5.74) is 1.06. The largest absolute Gasteiger partial charge is 0.379 e. The van der Waals surface area contributed by atoms with Gasteiger partial charge in [0.25, 0.3) is 11.8 Å². The third-order valence-corrected chi connectivity index (χ3v) is 4.12. The maximum absolute atomic E-state index is 12.7. The number of rotatable bonds is 3. The summed E-state index contributed by atoms with van der Waals surface area (Å²) in [6.07, 6.45) is 3.88. The van der Waals surface area contributed by atoms with Gasteiger partial charge < -0.3 is 15.5 Å². The van der Waals surface area contributed by atoms with Crippen LogP contribution in [0.1, 0.15) is 33.6 Å². The van der Waals surface area contributed by atoms with Gasteiger partial charge in [-0.05, 0) is 25.0 Å². The van der Waals surface area contributed by atoms with Crippen LogP contribution in [-0.4, -0.2) is 52.0 Å². The molecule has 3 atom stereocenters. The number of aliphatic hydroxyl groups excluding tert-OH is 2. The van der Waals surface area contributed by atoms with Crippen LogP contribution in [0, 0.1) is 12.3 Å². The van der Waals surface area contributed by atoms with Crippen molar-refractivity contribution in [2.24, 2.45) is 0 Å². The molecule has 0 aromatic heterocycles. The standard InChI is InChI=1S/C16H17N3O4/c1-2-8-17-10-5-3-4-9-13(10)16(23)19(15(9)22)11-6-7-12(20)18-14(11)21/h1,3-5,11-12,14,17-18,20-21H,6-8H2. The van der Waals surface area contributed by atoms with Crippen LogP contribution in [-0.2, 0) is 0 Å². The monoisotopic (exact) mass is 315 g/mol. The third kappa shape index (κ3) is 2.57. The quantitative estimate of drug-likeness (QED) is 0.452. The van der Waals surface area contributed by atoms with E-state index >= 15 is 0 Å².